The molecule has 0 spiro atoms. The summed E-state index contributed by atoms with van der Waals surface area (Å²) in [7, 11) is 0. The van der Waals surface area contributed by atoms with Gasteiger partial charge in [-0.3, -0.25) is 0 Å². The summed E-state index contributed by atoms with van der Waals surface area (Å²) in [5.74, 6) is 0. The lowest BCUT2D eigenvalue weighted by molar-refractivity contribution is 0.177. The standard InChI is InChI=1S/C12H15Cl2NO/c13-10-3-2-9(11(14)6-10)7-12(8-16)4-1-5-15-12/h2-3,6,15-16H,1,4-5,7-8H2. The van der Waals surface area contributed by atoms with Crippen LogP contribution in [0.2, 0.25) is 10.0 Å². The predicted molar refractivity (Wildman–Crippen MR) is 67.2 cm³/mol. The van der Waals surface area contributed by atoms with Gasteiger partial charge < -0.3 is 10.4 Å². The highest BCUT2D eigenvalue weighted by Gasteiger charge is 2.33. The molecule has 1 atom stereocenters. The number of hydrogen-bond acceptors (Lipinski definition) is 2. The molecular weight excluding hydrogens is 245 g/mol. The van der Waals surface area contributed by atoms with E-state index in [1.807, 2.05) is 12.1 Å². The van der Waals surface area contributed by atoms with E-state index >= 15 is 0 Å². The zero-order valence-corrected chi connectivity index (χ0v) is 10.5. The van der Waals surface area contributed by atoms with E-state index in [2.05, 4.69) is 5.32 Å². The fourth-order valence-corrected chi connectivity index (χ4v) is 2.72. The van der Waals surface area contributed by atoms with Gasteiger partial charge in [-0.2, -0.15) is 0 Å². The Morgan fingerprint density at radius 1 is 1.38 bits per heavy atom. The van der Waals surface area contributed by atoms with Crippen LogP contribution in [0.3, 0.4) is 0 Å². The van der Waals surface area contributed by atoms with E-state index in [1.165, 1.54) is 0 Å². The van der Waals surface area contributed by atoms with Crippen LogP contribution in [0.15, 0.2) is 18.2 Å². The smallest absolute Gasteiger partial charge is 0.0616 e. The minimum atomic E-state index is -0.197. The minimum absolute atomic E-state index is 0.145. The second-order valence-corrected chi connectivity index (χ2v) is 5.22. The maximum Gasteiger partial charge on any atom is 0.0616 e. The molecule has 2 rings (SSSR count). The van der Waals surface area contributed by atoms with Crippen LogP contribution in [0.4, 0.5) is 0 Å². The lowest BCUT2D eigenvalue weighted by Crippen LogP contribution is -2.45. The van der Waals surface area contributed by atoms with Gasteiger partial charge in [-0.1, -0.05) is 29.3 Å². The van der Waals surface area contributed by atoms with Crippen molar-refractivity contribution in [3.63, 3.8) is 0 Å². The van der Waals surface area contributed by atoms with Crippen LogP contribution >= 0.6 is 23.2 Å². The SMILES string of the molecule is OCC1(Cc2ccc(Cl)cc2Cl)CCCN1. The van der Waals surface area contributed by atoms with E-state index in [9.17, 15) is 5.11 Å². The van der Waals surface area contributed by atoms with Crippen LogP contribution in [0.5, 0.6) is 0 Å². The van der Waals surface area contributed by atoms with Gasteiger partial charge in [0.15, 0.2) is 0 Å². The maximum absolute atomic E-state index is 9.49. The molecule has 2 nitrogen and oxygen atoms in total. The Bertz CT molecular complexity index is 375. The van der Waals surface area contributed by atoms with Crippen LogP contribution < -0.4 is 5.32 Å². The van der Waals surface area contributed by atoms with Gasteiger partial charge in [0.05, 0.1) is 6.61 Å². The molecule has 1 fully saturated rings. The quantitative estimate of drug-likeness (QED) is 0.875. The molecule has 2 N–H and O–H groups in total. The molecule has 0 saturated carbocycles. The molecule has 1 heterocycles. The minimum Gasteiger partial charge on any atom is -0.394 e. The van der Waals surface area contributed by atoms with Crippen molar-refractivity contribution in [2.75, 3.05) is 13.2 Å². The van der Waals surface area contributed by atoms with Crippen LogP contribution in [0.1, 0.15) is 18.4 Å². The number of rotatable bonds is 3. The third-order valence-corrected chi connectivity index (χ3v) is 3.77. The van der Waals surface area contributed by atoms with E-state index < -0.39 is 0 Å². The second-order valence-electron chi connectivity index (χ2n) is 4.38. The highest BCUT2D eigenvalue weighted by molar-refractivity contribution is 6.35. The van der Waals surface area contributed by atoms with Crippen molar-refractivity contribution < 1.29 is 5.11 Å². The van der Waals surface area contributed by atoms with E-state index in [-0.39, 0.29) is 12.1 Å². The summed E-state index contributed by atoms with van der Waals surface area (Å²) >= 11 is 12.0. The molecule has 1 aromatic rings. The maximum atomic E-state index is 9.49. The molecule has 0 bridgehead atoms. The monoisotopic (exact) mass is 259 g/mol. The number of benzene rings is 1. The Kier molecular flexibility index (Phi) is 3.75. The zero-order valence-electron chi connectivity index (χ0n) is 8.97. The average molecular weight is 260 g/mol. The molecular formula is C12H15Cl2NO. The second kappa shape index (κ2) is 4.92. The summed E-state index contributed by atoms with van der Waals surface area (Å²) in [6.07, 6.45) is 2.84. The first-order chi connectivity index (χ1) is 7.65. The van der Waals surface area contributed by atoms with Gasteiger partial charge in [0.2, 0.25) is 0 Å². The highest BCUT2D eigenvalue weighted by atomic mass is 35.5. The topological polar surface area (TPSA) is 32.3 Å². The van der Waals surface area contributed by atoms with Crippen LogP contribution in [0, 0.1) is 0 Å². The van der Waals surface area contributed by atoms with E-state index in [0.717, 1.165) is 31.4 Å². The molecule has 88 valence electrons. The summed E-state index contributed by atoms with van der Waals surface area (Å²) in [5, 5.41) is 14.2. The molecule has 1 aliphatic heterocycles. The van der Waals surface area contributed by atoms with E-state index in [4.69, 9.17) is 23.2 Å². The predicted octanol–water partition coefficient (Wildman–Crippen LogP) is 2.65. The molecule has 0 aromatic heterocycles. The van der Waals surface area contributed by atoms with Crippen LogP contribution in [0.25, 0.3) is 0 Å². The summed E-state index contributed by atoms with van der Waals surface area (Å²) in [4.78, 5) is 0. The van der Waals surface area contributed by atoms with E-state index in [0.29, 0.717) is 10.0 Å². The van der Waals surface area contributed by atoms with Crippen molar-refractivity contribution in [1.82, 2.24) is 5.32 Å². The Morgan fingerprint density at radius 2 is 2.19 bits per heavy atom. The number of aliphatic hydroxyl groups is 1. The number of halogens is 2. The van der Waals surface area contributed by atoms with Gasteiger partial charge in [0.1, 0.15) is 0 Å². The van der Waals surface area contributed by atoms with Crippen molar-refractivity contribution in [3.05, 3.63) is 33.8 Å². The van der Waals surface area contributed by atoms with Crippen molar-refractivity contribution in [3.8, 4) is 0 Å². The van der Waals surface area contributed by atoms with Gasteiger partial charge >= 0.3 is 0 Å². The fraction of sp³-hybridized carbons (Fsp3) is 0.500. The number of aliphatic hydroxyl groups excluding tert-OH is 1. The Balaban J connectivity index is 2.19. The average Bonchev–Trinajstić information content (AvgIpc) is 2.72. The molecule has 1 aromatic carbocycles. The van der Waals surface area contributed by atoms with Crippen molar-refractivity contribution in [1.29, 1.82) is 0 Å². The normalized spacial score (nSPS) is 24.9. The van der Waals surface area contributed by atoms with Gasteiger partial charge in [-0.15, -0.1) is 0 Å². The fourth-order valence-electron chi connectivity index (χ4n) is 2.24. The van der Waals surface area contributed by atoms with Crippen LogP contribution in [-0.2, 0) is 6.42 Å². The molecule has 0 radical (unpaired) electrons. The third kappa shape index (κ3) is 2.51. The summed E-state index contributed by atoms with van der Waals surface area (Å²) in [6.45, 7) is 1.11. The molecule has 1 unspecified atom stereocenters. The van der Waals surface area contributed by atoms with Crippen molar-refractivity contribution in [2.45, 2.75) is 24.8 Å². The molecule has 0 amide bonds. The van der Waals surface area contributed by atoms with Gasteiger partial charge in [-0.25, -0.2) is 0 Å². The molecule has 0 aliphatic carbocycles. The largest absolute Gasteiger partial charge is 0.394 e. The first-order valence-corrected chi connectivity index (χ1v) is 6.21. The van der Waals surface area contributed by atoms with Crippen LogP contribution in [-0.4, -0.2) is 23.8 Å². The Labute approximate surface area is 106 Å². The lowest BCUT2D eigenvalue weighted by atomic mass is 9.90. The summed E-state index contributed by atoms with van der Waals surface area (Å²) in [5.41, 5.74) is 0.840. The van der Waals surface area contributed by atoms with Crippen molar-refractivity contribution in [2.24, 2.45) is 0 Å². The summed E-state index contributed by atoms with van der Waals surface area (Å²) < 4.78 is 0. The van der Waals surface area contributed by atoms with Gasteiger partial charge in [0.25, 0.3) is 0 Å². The third-order valence-electron chi connectivity index (χ3n) is 3.18. The van der Waals surface area contributed by atoms with Crippen molar-refractivity contribution >= 4 is 23.2 Å². The first-order valence-electron chi connectivity index (χ1n) is 5.45. The highest BCUT2D eigenvalue weighted by Crippen LogP contribution is 2.28. The number of nitrogens with one attached hydrogen (secondary N) is 1. The Hall–Kier alpha value is -0.280. The van der Waals surface area contributed by atoms with Gasteiger partial charge in [0, 0.05) is 15.6 Å². The number of hydrogen-bond donors (Lipinski definition) is 2. The molecule has 16 heavy (non-hydrogen) atoms. The molecule has 4 heteroatoms. The van der Waals surface area contributed by atoms with E-state index in [1.54, 1.807) is 6.07 Å². The lowest BCUT2D eigenvalue weighted by Gasteiger charge is -2.27. The summed E-state index contributed by atoms with van der Waals surface area (Å²) in [6, 6.07) is 5.52. The molecule has 1 aliphatic rings. The zero-order chi connectivity index (χ0) is 11.6. The first kappa shape index (κ1) is 12.2. The van der Waals surface area contributed by atoms with Gasteiger partial charge in [-0.05, 0) is 43.5 Å². The molecule has 1 saturated heterocycles. The Morgan fingerprint density at radius 3 is 2.75 bits per heavy atom.